The van der Waals surface area contributed by atoms with Crippen LogP contribution in [0.2, 0.25) is 0 Å². The molecule has 15 heavy (non-hydrogen) atoms. The molecule has 2 heteroatoms. The highest BCUT2D eigenvalue weighted by Gasteiger charge is 2.24. The van der Waals surface area contributed by atoms with Gasteiger partial charge in [0.2, 0.25) is 0 Å². The molecule has 0 spiro atoms. The molecule has 0 aromatic rings. The van der Waals surface area contributed by atoms with E-state index >= 15 is 0 Å². The molecule has 1 aliphatic rings. The molecule has 1 fully saturated rings. The van der Waals surface area contributed by atoms with Crippen LogP contribution in [0.25, 0.3) is 0 Å². The van der Waals surface area contributed by atoms with Crippen LogP contribution in [0.5, 0.6) is 0 Å². The first kappa shape index (κ1) is 13.0. The second-order valence-electron chi connectivity index (χ2n) is 5.25. The lowest BCUT2D eigenvalue weighted by atomic mass is 9.80. The third-order valence-electron chi connectivity index (χ3n) is 3.67. The maximum absolute atomic E-state index is 9.11. The Morgan fingerprint density at radius 3 is 2.60 bits per heavy atom. The van der Waals surface area contributed by atoms with Gasteiger partial charge >= 0.3 is 0 Å². The number of aliphatic hydroxyl groups is 1. The quantitative estimate of drug-likeness (QED) is 0.713. The molecular weight excluding hydrogens is 188 g/mol. The predicted octanol–water partition coefficient (Wildman–Crippen LogP) is 2.99. The van der Waals surface area contributed by atoms with Crippen molar-refractivity contribution in [1.82, 2.24) is 0 Å². The fraction of sp³-hybridized carbons (Fsp3) is 1.00. The molecule has 0 aromatic heterocycles. The lowest BCUT2D eigenvalue weighted by molar-refractivity contribution is -0.00188. The van der Waals surface area contributed by atoms with Gasteiger partial charge in [0.25, 0.3) is 0 Å². The second-order valence-corrected chi connectivity index (χ2v) is 5.25. The van der Waals surface area contributed by atoms with Crippen LogP contribution in [-0.2, 0) is 4.74 Å². The number of aliphatic hydroxyl groups excluding tert-OH is 1. The fourth-order valence-corrected chi connectivity index (χ4v) is 2.28. The van der Waals surface area contributed by atoms with Crippen molar-refractivity contribution < 1.29 is 9.84 Å². The molecule has 0 heterocycles. The van der Waals surface area contributed by atoms with Crippen LogP contribution in [0.3, 0.4) is 0 Å². The maximum Gasteiger partial charge on any atom is 0.0577 e. The van der Waals surface area contributed by atoms with E-state index in [1.165, 1.54) is 19.3 Å². The van der Waals surface area contributed by atoms with E-state index in [0.717, 1.165) is 31.3 Å². The van der Waals surface area contributed by atoms with Crippen LogP contribution in [0.4, 0.5) is 0 Å². The highest BCUT2D eigenvalue weighted by Crippen LogP contribution is 2.30. The Hall–Kier alpha value is -0.0800. The Morgan fingerprint density at radius 2 is 2.00 bits per heavy atom. The van der Waals surface area contributed by atoms with Gasteiger partial charge in [-0.05, 0) is 50.9 Å². The Bertz CT molecular complexity index is 168. The summed E-state index contributed by atoms with van der Waals surface area (Å²) in [4.78, 5) is 0. The van der Waals surface area contributed by atoms with Gasteiger partial charge in [0.05, 0.1) is 12.2 Å². The van der Waals surface area contributed by atoms with Gasteiger partial charge in [-0.15, -0.1) is 0 Å². The molecule has 1 aliphatic carbocycles. The highest BCUT2D eigenvalue weighted by molar-refractivity contribution is 4.75. The molecule has 1 N–H and O–H groups in total. The zero-order chi connectivity index (χ0) is 11.3. The zero-order valence-electron chi connectivity index (χ0n) is 10.4. The van der Waals surface area contributed by atoms with Crippen LogP contribution in [0, 0.1) is 11.8 Å². The summed E-state index contributed by atoms with van der Waals surface area (Å²) < 4.78 is 5.84. The summed E-state index contributed by atoms with van der Waals surface area (Å²) in [5.74, 6) is 1.67. The topological polar surface area (TPSA) is 29.5 Å². The number of rotatable bonds is 5. The third-order valence-corrected chi connectivity index (χ3v) is 3.67. The molecule has 2 nitrogen and oxygen atoms in total. The van der Waals surface area contributed by atoms with E-state index in [1.54, 1.807) is 0 Å². The molecule has 0 aromatic carbocycles. The zero-order valence-corrected chi connectivity index (χ0v) is 10.4. The fourth-order valence-electron chi connectivity index (χ4n) is 2.28. The predicted molar refractivity (Wildman–Crippen MR) is 62.8 cm³/mol. The van der Waals surface area contributed by atoms with Crippen molar-refractivity contribution in [1.29, 1.82) is 0 Å². The molecular formula is C13H26O2. The van der Waals surface area contributed by atoms with Crippen molar-refractivity contribution >= 4 is 0 Å². The van der Waals surface area contributed by atoms with Crippen LogP contribution in [-0.4, -0.2) is 23.9 Å². The molecule has 4 atom stereocenters. The molecule has 0 bridgehead atoms. The molecule has 0 aliphatic heterocycles. The first-order valence-corrected chi connectivity index (χ1v) is 6.39. The average molecular weight is 214 g/mol. The third kappa shape index (κ3) is 4.98. The van der Waals surface area contributed by atoms with Gasteiger partial charge in [0.1, 0.15) is 0 Å². The van der Waals surface area contributed by atoms with Gasteiger partial charge in [-0.1, -0.05) is 13.8 Å². The van der Waals surface area contributed by atoms with Crippen molar-refractivity contribution in [2.24, 2.45) is 11.8 Å². The molecule has 1 rings (SSSR count). The van der Waals surface area contributed by atoms with Gasteiger partial charge in [0.15, 0.2) is 0 Å². The summed E-state index contributed by atoms with van der Waals surface area (Å²) in [6.07, 6.45) is 5.89. The van der Waals surface area contributed by atoms with Crippen LogP contribution < -0.4 is 0 Å². The highest BCUT2D eigenvalue weighted by atomic mass is 16.5. The summed E-state index contributed by atoms with van der Waals surface area (Å²) in [6.45, 7) is 7.32. The minimum atomic E-state index is -0.182. The summed E-state index contributed by atoms with van der Waals surface area (Å²) in [5, 5.41) is 9.11. The first-order valence-electron chi connectivity index (χ1n) is 6.39. The monoisotopic (exact) mass is 214 g/mol. The molecule has 1 saturated carbocycles. The van der Waals surface area contributed by atoms with Crippen LogP contribution in [0.1, 0.15) is 52.9 Å². The summed E-state index contributed by atoms with van der Waals surface area (Å²) in [7, 11) is 0. The van der Waals surface area contributed by atoms with Gasteiger partial charge in [-0.25, -0.2) is 0 Å². The van der Waals surface area contributed by atoms with Crippen molar-refractivity contribution in [3.05, 3.63) is 0 Å². The minimum Gasteiger partial charge on any atom is -0.393 e. The van der Waals surface area contributed by atoms with Gasteiger partial charge in [0, 0.05) is 6.61 Å². The van der Waals surface area contributed by atoms with Crippen molar-refractivity contribution in [2.45, 2.75) is 65.1 Å². The second kappa shape index (κ2) is 6.49. The largest absolute Gasteiger partial charge is 0.393 e. The first-order chi connectivity index (χ1) is 7.09. The van der Waals surface area contributed by atoms with E-state index < -0.39 is 0 Å². The Labute approximate surface area is 94.0 Å². The van der Waals surface area contributed by atoms with Crippen LogP contribution >= 0.6 is 0 Å². The van der Waals surface area contributed by atoms with Gasteiger partial charge in [-0.3, -0.25) is 0 Å². The lowest BCUT2D eigenvalue weighted by Gasteiger charge is -2.32. The van der Waals surface area contributed by atoms with E-state index in [-0.39, 0.29) is 6.10 Å². The SMILES string of the molecule is CC(O)CCCOC1CCC(C)C(C)C1. The summed E-state index contributed by atoms with van der Waals surface area (Å²) >= 11 is 0. The molecule has 0 amide bonds. The van der Waals surface area contributed by atoms with Crippen molar-refractivity contribution in [2.75, 3.05) is 6.61 Å². The van der Waals surface area contributed by atoms with Crippen molar-refractivity contribution in [3.63, 3.8) is 0 Å². The standard InChI is InChI=1S/C13H26O2/c1-10-6-7-13(9-11(10)2)15-8-4-5-12(3)14/h10-14H,4-9H2,1-3H3. The van der Waals surface area contributed by atoms with Crippen LogP contribution in [0.15, 0.2) is 0 Å². The molecule has 4 unspecified atom stereocenters. The molecule has 90 valence electrons. The van der Waals surface area contributed by atoms with E-state index in [1.807, 2.05) is 6.92 Å². The molecule has 0 saturated heterocycles. The Balaban J connectivity index is 2.07. The average Bonchev–Trinajstić information content (AvgIpc) is 2.18. The number of ether oxygens (including phenoxy) is 1. The van der Waals surface area contributed by atoms with E-state index in [2.05, 4.69) is 13.8 Å². The van der Waals surface area contributed by atoms with Gasteiger partial charge in [-0.2, -0.15) is 0 Å². The smallest absolute Gasteiger partial charge is 0.0577 e. The summed E-state index contributed by atoms with van der Waals surface area (Å²) in [6, 6.07) is 0. The maximum atomic E-state index is 9.11. The Morgan fingerprint density at radius 1 is 1.27 bits per heavy atom. The minimum absolute atomic E-state index is 0.182. The van der Waals surface area contributed by atoms with Crippen molar-refractivity contribution in [3.8, 4) is 0 Å². The van der Waals surface area contributed by atoms with E-state index in [0.29, 0.717) is 6.10 Å². The van der Waals surface area contributed by atoms with Gasteiger partial charge < -0.3 is 9.84 Å². The number of hydrogen-bond donors (Lipinski definition) is 1. The summed E-state index contributed by atoms with van der Waals surface area (Å²) in [5.41, 5.74) is 0. The van der Waals surface area contributed by atoms with E-state index in [4.69, 9.17) is 9.84 Å². The number of hydrogen-bond acceptors (Lipinski definition) is 2. The molecule has 0 radical (unpaired) electrons. The lowest BCUT2D eigenvalue weighted by Crippen LogP contribution is -2.27. The normalized spacial score (nSPS) is 34.0. The van der Waals surface area contributed by atoms with E-state index in [9.17, 15) is 0 Å². The Kier molecular flexibility index (Phi) is 5.62.